The highest BCUT2D eigenvalue weighted by Crippen LogP contribution is 2.35. The zero-order valence-corrected chi connectivity index (χ0v) is 18.4. The fourth-order valence-corrected chi connectivity index (χ4v) is 3.64. The zero-order chi connectivity index (χ0) is 24.1. The van der Waals surface area contributed by atoms with Gasteiger partial charge in [-0.25, -0.2) is 8.78 Å². The maximum atomic E-state index is 13.2. The molecule has 2 N–H and O–H groups in total. The number of halogens is 2. The molecule has 0 saturated carbocycles. The second-order valence-corrected chi connectivity index (χ2v) is 7.75. The Morgan fingerprint density at radius 3 is 2.38 bits per heavy atom. The number of nitrogens with one attached hydrogen (secondary N) is 2. The van der Waals surface area contributed by atoms with Gasteiger partial charge in [-0.1, -0.05) is 18.2 Å². The van der Waals surface area contributed by atoms with E-state index >= 15 is 0 Å². The summed E-state index contributed by atoms with van der Waals surface area (Å²) in [5, 5.41) is 0. The average molecular weight is 467 g/mol. The second kappa shape index (κ2) is 10.2. The first-order chi connectivity index (χ1) is 16.4. The van der Waals surface area contributed by atoms with Crippen molar-refractivity contribution in [3.05, 3.63) is 83.9 Å². The van der Waals surface area contributed by atoms with E-state index in [0.29, 0.717) is 22.9 Å². The number of hydrazine groups is 1. The van der Waals surface area contributed by atoms with E-state index in [0.717, 1.165) is 5.56 Å². The molecule has 1 saturated heterocycles. The van der Waals surface area contributed by atoms with E-state index in [-0.39, 0.29) is 37.2 Å². The van der Waals surface area contributed by atoms with Crippen molar-refractivity contribution < 1.29 is 27.8 Å². The number of hydrogen-bond donors (Lipinski definition) is 2. The van der Waals surface area contributed by atoms with Crippen LogP contribution in [0.2, 0.25) is 0 Å². The Labute approximate surface area is 195 Å². The summed E-state index contributed by atoms with van der Waals surface area (Å²) >= 11 is 0. The van der Waals surface area contributed by atoms with Gasteiger partial charge < -0.3 is 14.4 Å². The standard InChI is InChI=1S/C25H23F2N3O4/c1-33-22-4-2-3-21(24(22)34-15-16-5-7-18(26)8-6-16)28-29-25(32)17-13-23(31)30(14-17)20-11-9-19(27)10-12-20/h2-12,17,28H,13-15H2,1H3,(H,29,32)/t17-/m1/s1. The van der Waals surface area contributed by atoms with E-state index in [1.165, 1.54) is 48.4 Å². The minimum atomic E-state index is -0.584. The SMILES string of the molecule is COc1cccc(NNC(=O)[C@@H]2CC(=O)N(c3ccc(F)cc3)C2)c1OCc1ccc(F)cc1. The molecule has 0 unspecified atom stereocenters. The predicted octanol–water partition coefficient (Wildman–Crippen LogP) is 4.05. The van der Waals surface area contributed by atoms with Gasteiger partial charge in [-0.3, -0.25) is 20.4 Å². The fraction of sp³-hybridized carbons (Fsp3) is 0.200. The number of nitrogens with zero attached hydrogens (tertiary/aromatic N) is 1. The van der Waals surface area contributed by atoms with Crippen LogP contribution in [0.1, 0.15) is 12.0 Å². The summed E-state index contributed by atoms with van der Waals surface area (Å²) in [7, 11) is 1.50. The molecule has 1 aliphatic heterocycles. The molecule has 9 heteroatoms. The molecule has 0 aromatic heterocycles. The Kier molecular flexibility index (Phi) is 6.91. The van der Waals surface area contributed by atoms with Gasteiger partial charge in [0.25, 0.3) is 0 Å². The van der Waals surface area contributed by atoms with Crippen LogP contribution in [0.15, 0.2) is 66.7 Å². The maximum Gasteiger partial charge on any atom is 0.243 e. The molecule has 0 radical (unpaired) electrons. The number of methoxy groups -OCH3 is 1. The molecule has 1 aliphatic rings. The van der Waals surface area contributed by atoms with Crippen LogP contribution in [0.3, 0.4) is 0 Å². The smallest absolute Gasteiger partial charge is 0.243 e. The molecule has 3 aromatic carbocycles. The molecule has 3 aromatic rings. The molecule has 0 aliphatic carbocycles. The van der Waals surface area contributed by atoms with Crippen molar-refractivity contribution >= 4 is 23.2 Å². The minimum Gasteiger partial charge on any atom is -0.493 e. The van der Waals surface area contributed by atoms with E-state index in [9.17, 15) is 18.4 Å². The van der Waals surface area contributed by atoms with Crippen molar-refractivity contribution in [1.82, 2.24) is 5.43 Å². The summed E-state index contributed by atoms with van der Waals surface area (Å²) in [6.45, 7) is 0.344. The summed E-state index contributed by atoms with van der Waals surface area (Å²) in [4.78, 5) is 26.6. The molecule has 7 nitrogen and oxygen atoms in total. The molecule has 0 bridgehead atoms. The Bertz CT molecular complexity index is 1170. The number of hydrogen-bond acceptors (Lipinski definition) is 5. The van der Waals surface area contributed by atoms with Crippen LogP contribution in [0.4, 0.5) is 20.2 Å². The van der Waals surface area contributed by atoms with Crippen LogP contribution < -0.4 is 25.2 Å². The Morgan fingerprint density at radius 2 is 1.71 bits per heavy atom. The topological polar surface area (TPSA) is 79.9 Å². The quantitative estimate of drug-likeness (QED) is 0.489. The molecule has 4 rings (SSSR count). The molecule has 1 heterocycles. The number of ether oxygens (including phenoxy) is 2. The highest BCUT2D eigenvalue weighted by molar-refractivity contribution is 6.00. The molecule has 34 heavy (non-hydrogen) atoms. The van der Waals surface area contributed by atoms with Gasteiger partial charge in [0.15, 0.2) is 11.5 Å². The fourth-order valence-electron chi connectivity index (χ4n) is 3.64. The van der Waals surface area contributed by atoms with Crippen LogP contribution >= 0.6 is 0 Å². The third-order valence-electron chi connectivity index (χ3n) is 5.45. The number of rotatable bonds is 8. The van der Waals surface area contributed by atoms with Crippen molar-refractivity contribution in [2.24, 2.45) is 5.92 Å². The molecule has 1 fully saturated rings. The van der Waals surface area contributed by atoms with E-state index in [4.69, 9.17) is 9.47 Å². The number of carbonyl (C=O) groups is 2. The van der Waals surface area contributed by atoms with Crippen LogP contribution in [0.5, 0.6) is 11.5 Å². The largest absolute Gasteiger partial charge is 0.493 e. The summed E-state index contributed by atoms with van der Waals surface area (Å²) in [6.07, 6.45) is 0.0386. The van der Waals surface area contributed by atoms with Crippen molar-refractivity contribution in [3.63, 3.8) is 0 Å². The predicted molar refractivity (Wildman–Crippen MR) is 122 cm³/mol. The van der Waals surface area contributed by atoms with E-state index in [1.54, 1.807) is 30.3 Å². The first-order valence-electron chi connectivity index (χ1n) is 10.6. The van der Waals surface area contributed by atoms with Crippen LogP contribution in [-0.4, -0.2) is 25.5 Å². The first-order valence-corrected chi connectivity index (χ1v) is 10.6. The lowest BCUT2D eigenvalue weighted by molar-refractivity contribution is -0.125. The molecule has 176 valence electrons. The van der Waals surface area contributed by atoms with Gasteiger partial charge in [0.05, 0.1) is 18.7 Å². The lowest BCUT2D eigenvalue weighted by Crippen LogP contribution is -2.36. The highest BCUT2D eigenvalue weighted by atomic mass is 19.1. The zero-order valence-electron chi connectivity index (χ0n) is 18.4. The maximum absolute atomic E-state index is 13.2. The Hall–Kier alpha value is -4.14. The highest BCUT2D eigenvalue weighted by Gasteiger charge is 2.35. The third kappa shape index (κ3) is 5.25. The molecular formula is C25H23F2N3O4. The first kappa shape index (κ1) is 23.0. The van der Waals surface area contributed by atoms with Gasteiger partial charge in [-0.2, -0.15) is 0 Å². The van der Waals surface area contributed by atoms with E-state index in [2.05, 4.69) is 10.9 Å². The number of anilines is 2. The number of carbonyl (C=O) groups excluding carboxylic acids is 2. The van der Waals surface area contributed by atoms with Gasteiger partial charge in [-0.15, -0.1) is 0 Å². The molecule has 2 amide bonds. The van der Waals surface area contributed by atoms with Crippen molar-refractivity contribution in [1.29, 1.82) is 0 Å². The van der Waals surface area contributed by atoms with Gasteiger partial charge in [0.1, 0.15) is 18.2 Å². The van der Waals surface area contributed by atoms with Gasteiger partial charge in [0.2, 0.25) is 11.8 Å². The molecular weight excluding hydrogens is 444 g/mol. The van der Waals surface area contributed by atoms with Gasteiger partial charge in [-0.05, 0) is 54.1 Å². The summed E-state index contributed by atoms with van der Waals surface area (Å²) in [5.74, 6) is -1.09. The van der Waals surface area contributed by atoms with Gasteiger partial charge in [0, 0.05) is 18.7 Å². The van der Waals surface area contributed by atoms with E-state index in [1.807, 2.05) is 0 Å². The van der Waals surface area contributed by atoms with Crippen LogP contribution in [0.25, 0.3) is 0 Å². The third-order valence-corrected chi connectivity index (χ3v) is 5.45. The Balaban J connectivity index is 1.40. The molecule has 1 atom stereocenters. The summed E-state index contributed by atoms with van der Waals surface area (Å²) in [6, 6.07) is 16.6. The normalized spacial score (nSPS) is 15.2. The number of benzene rings is 3. The minimum absolute atomic E-state index is 0.0386. The lowest BCUT2D eigenvalue weighted by Gasteiger charge is -2.18. The average Bonchev–Trinajstić information content (AvgIpc) is 3.24. The van der Waals surface area contributed by atoms with Crippen LogP contribution in [-0.2, 0) is 16.2 Å². The van der Waals surface area contributed by atoms with E-state index < -0.39 is 11.7 Å². The summed E-state index contributed by atoms with van der Waals surface area (Å²) < 4.78 is 37.6. The van der Waals surface area contributed by atoms with Crippen molar-refractivity contribution in [3.8, 4) is 11.5 Å². The second-order valence-electron chi connectivity index (χ2n) is 7.75. The van der Waals surface area contributed by atoms with Crippen molar-refractivity contribution in [2.45, 2.75) is 13.0 Å². The Morgan fingerprint density at radius 1 is 1.03 bits per heavy atom. The number of amides is 2. The monoisotopic (exact) mass is 467 g/mol. The van der Waals surface area contributed by atoms with Crippen molar-refractivity contribution in [2.75, 3.05) is 24.0 Å². The van der Waals surface area contributed by atoms with Crippen LogP contribution in [0, 0.1) is 17.6 Å². The number of para-hydroxylation sites is 1. The molecule has 0 spiro atoms. The lowest BCUT2D eigenvalue weighted by atomic mass is 10.1. The summed E-state index contributed by atoms with van der Waals surface area (Å²) in [5.41, 5.74) is 7.22. The van der Waals surface area contributed by atoms with Gasteiger partial charge >= 0.3 is 0 Å².